The molecule has 5 aromatic rings. The van der Waals surface area contributed by atoms with Gasteiger partial charge < -0.3 is 20.9 Å². The van der Waals surface area contributed by atoms with Crippen LogP contribution >= 0.6 is 11.6 Å². The molecule has 5 rings (SSSR count). The molecule has 0 aliphatic carbocycles. The maximum absolute atomic E-state index is 12.7. The zero-order chi connectivity index (χ0) is 25.2. The fourth-order valence-corrected chi connectivity index (χ4v) is 4.04. The molecule has 0 unspecified atom stereocenters. The number of carbonyl (C=O) groups excluding carboxylic acids is 1. The van der Waals surface area contributed by atoms with Crippen LogP contribution in [0.1, 0.15) is 12.6 Å². The van der Waals surface area contributed by atoms with Crippen LogP contribution in [0.4, 0.5) is 23.3 Å². The predicted molar refractivity (Wildman–Crippen MR) is 141 cm³/mol. The first-order valence-corrected chi connectivity index (χ1v) is 11.7. The number of rotatable bonds is 7. The smallest absolute Gasteiger partial charge is 0.245 e. The lowest BCUT2D eigenvalue weighted by atomic mass is 10.1. The monoisotopic (exact) mass is 501 g/mol. The van der Waals surface area contributed by atoms with Gasteiger partial charge in [-0.15, -0.1) is 0 Å². The normalized spacial score (nSPS) is 11.1. The van der Waals surface area contributed by atoms with Gasteiger partial charge in [-0.05, 0) is 49.2 Å². The number of imidazole rings is 1. The van der Waals surface area contributed by atoms with Gasteiger partial charge in [0.05, 0.1) is 12.0 Å². The van der Waals surface area contributed by atoms with Crippen LogP contribution in [0.3, 0.4) is 0 Å². The number of anilines is 4. The minimum absolute atomic E-state index is 0.0100. The topological polar surface area (TPSA) is 129 Å². The molecule has 0 bridgehead atoms. The van der Waals surface area contributed by atoms with Crippen molar-refractivity contribution in [1.29, 1.82) is 0 Å². The Morgan fingerprint density at radius 3 is 2.44 bits per heavy atom. The summed E-state index contributed by atoms with van der Waals surface area (Å²) in [6, 6.07) is 17.4. The first kappa shape index (κ1) is 23.3. The van der Waals surface area contributed by atoms with Gasteiger partial charge in [0.1, 0.15) is 12.4 Å². The summed E-state index contributed by atoms with van der Waals surface area (Å²) in [7, 11) is 0. The highest BCUT2D eigenvalue weighted by molar-refractivity contribution is 6.30. The molecule has 4 N–H and O–H groups in total. The summed E-state index contributed by atoms with van der Waals surface area (Å²) in [5, 5.41) is 11.2. The number of nitrogen functional groups attached to an aromatic ring is 1. The zero-order valence-corrected chi connectivity index (χ0v) is 20.5. The molecule has 1 amide bonds. The lowest BCUT2D eigenvalue weighted by Crippen LogP contribution is -2.20. The van der Waals surface area contributed by atoms with Crippen LogP contribution in [0.15, 0.2) is 60.9 Å². The molecule has 11 heteroatoms. The van der Waals surface area contributed by atoms with E-state index in [9.17, 15) is 4.79 Å². The lowest BCUT2D eigenvalue weighted by Gasteiger charge is -2.10. The Hall–Kier alpha value is -4.44. The molecule has 0 spiro atoms. The summed E-state index contributed by atoms with van der Waals surface area (Å²) in [5.41, 5.74) is 10.7. The Balaban J connectivity index is 1.35. The van der Waals surface area contributed by atoms with Crippen molar-refractivity contribution >= 4 is 51.9 Å². The van der Waals surface area contributed by atoms with E-state index in [0.29, 0.717) is 34.4 Å². The Labute approximate surface area is 212 Å². The van der Waals surface area contributed by atoms with E-state index < -0.39 is 0 Å². The molecule has 0 saturated heterocycles. The van der Waals surface area contributed by atoms with Crippen LogP contribution in [0.2, 0.25) is 5.02 Å². The minimum Gasteiger partial charge on any atom is -0.368 e. The van der Waals surface area contributed by atoms with Crippen molar-refractivity contribution in [3.05, 3.63) is 71.6 Å². The number of fused-ring (bicyclic) bond motifs is 1. The maximum Gasteiger partial charge on any atom is 0.245 e. The van der Waals surface area contributed by atoms with Gasteiger partial charge in [0.15, 0.2) is 17.0 Å². The Kier molecular flexibility index (Phi) is 6.26. The summed E-state index contributed by atoms with van der Waals surface area (Å²) < 4.78 is 3.37. The van der Waals surface area contributed by atoms with Gasteiger partial charge in [-0.3, -0.25) is 4.79 Å². The number of hydrogen-bond acceptors (Lipinski definition) is 7. The largest absolute Gasteiger partial charge is 0.368 e. The van der Waals surface area contributed by atoms with Gasteiger partial charge >= 0.3 is 0 Å². The number of halogens is 1. The van der Waals surface area contributed by atoms with E-state index in [0.717, 1.165) is 22.5 Å². The molecule has 0 fully saturated rings. The second-order valence-corrected chi connectivity index (χ2v) is 8.66. The third-order valence-corrected chi connectivity index (χ3v) is 5.84. The summed E-state index contributed by atoms with van der Waals surface area (Å²) in [5.74, 6) is 0.941. The third-order valence-electron chi connectivity index (χ3n) is 5.59. The van der Waals surface area contributed by atoms with Crippen molar-refractivity contribution in [3.63, 3.8) is 0 Å². The third kappa shape index (κ3) is 4.84. The van der Waals surface area contributed by atoms with Crippen LogP contribution in [-0.4, -0.2) is 35.2 Å². The van der Waals surface area contributed by atoms with E-state index in [4.69, 9.17) is 17.3 Å². The number of nitrogens with one attached hydrogen (secondary N) is 2. The average Bonchev–Trinajstić information content (AvgIpc) is 3.42. The summed E-state index contributed by atoms with van der Waals surface area (Å²) in [4.78, 5) is 25.8. The summed E-state index contributed by atoms with van der Waals surface area (Å²) in [6.07, 6.45) is 1.55. The van der Waals surface area contributed by atoms with Crippen molar-refractivity contribution in [1.82, 2.24) is 29.3 Å². The van der Waals surface area contributed by atoms with Crippen molar-refractivity contribution in [2.24, 2.45) is 0 Å². The van der Waals surface area contributed by atoms with E-state index in [2.05, 4.69) is 30.7 Å². The predicted octanol–water partition coefficient (Wildman–Crippen LogP) is 4.64. The Morgan fingerprint density at radius 1 is 1.06 bits per heavy atom. The van der Waals surface area contributed by atoms with Crippen LogP contribution in [-0.2, 0) is 17.9 Å². The molecule has 3 heterocycles. The van der Waals surface area contributed by atoms with Crippen molar-refractivity contribution < 1.29 is 4.79 Å². The van der Waals surface area contributed by atoms with Crippen molar-refractivity contribution in [3.8, 4) is 11.1 Å². The highest BCUT2D eigenvalue weighted by Gasteiger charge is 2.16. The number of benzene rings is 2. The minimum atomic E-state index is -0.228. The molecule has 182 valence electrons. The molecule has 10 nitrogen and oxygen atoms in total. The van der Waals surface area contributed by atoms with Gasteiger partial charge in [0.25, 0.3) is 0 Å². The second kappa shape index (κ2) is 9.67. The van der Waals surface area contributed by atoms with Crippen LogP contribution in [0, 0.1) is 6.92 Å². The molecule has 0 saturated carbocycles. The first-order valence-electron chi connectivity index (χ1n) is 11.4. The SMILES string of the molecule is CCn1nc(C)cc1NC(=O)Cn1cnc2c(Nc3ccc(-c4ccc(Cl)cc4)cc3)nc(N)nc21. The average molecular weight is 502 g/mol. The Morgan fingerprint density at radius 2 is 1.75 bits per heavy atom. The number of nitrogens with two attached hydrogens (primary N) is 1. The molecule has 0 atom stereocenters. The molecular formula is C25H24ClN9O. The molecule has 3 aromatic heterocycles. The number of hydrogen-bond donors (Lipinski definition) is 3. The van der Waals surface area contributed by atoms with Gasteiger partial charge in [-0.2, -0.15) is 15.1 Å². The molecule has 0 radical (unpaired) electrons. The highest BCUT2D eigenvalue weighted by Crippen LogP contribution is 2.27. The van der Waals surface area contributed by atoms with Crippen LogP contribution in [0.25, 0.3) is 22.3 Å². The first-order chi connectivity index (χ1) is 17.4. The van der Waals surface area contributed by atoms with E-state index in [1.54, 1.807) is 15.6 Å². The lowest BCUT2D eigenvalue weighted by molar-refractivity contribution is -0.116. The van der Waals surface area contributed by atoms with E-state index in [1.807, 2.05) is 68.4 Å². The summed E-state index contributed by atoms with van der Waals surface area (Å²) in [6.45, 7) is 4.50. The van der Waals surface area contributed by atoms with E-state index >= 15 is 0 Å². The molecule has 36 heavy (non-hydrogen) atoms. The molecule has 0 aliphatic heterocycles. The molecule has 2 aromatic carbocycles. The van der Waals surface area contributed by atoms with Gasteiger partial charge in [-0.1, -0.05) is 35.9 Å². The van der Waals surface area contributed by atoms with Crippen LogP contribution < -0.4 is 16.4 Å². The number of aryl methyl sites for hydroxylation is 2. The maximum atomic E-state index is 12.7. The van der Waals surface area contributed by atoms with Gasteiger partial charge in [0.2, 0.25) is 11.9 Å². The van der Waals surface area contributed by atoms with Crippen LogP contribution in [0.5, 0.6) is 0 Å². The Bertz CT molecular complexity index is 1540. The number of aromatic nitrogens is 6. The molecule has 0 aliphatic rings. The highest BCUT2D eigenvalue weighted by atomic mass is 35.5. The van der Waals surface area contributed by atoms with E-state index in [1.165, 1.54) is 0 Å². The molecular weight excluding hydrogens is 478 g/mol. The quantitative estimate of drug-likeness (QED) is 0.296. The summed E-state index contributed by atoms with van der Waals surface area (Å²) >= 11 is 5.99. The van der Waals surface area contributed by atoms with E-state index in [-0.39, 0.29) is 18.4 Å². The second-order valence-electron chi connectivity index (χ2n) is 8.22. The standard InChI is InChI=1S/C25H24ClN9O/c1-3-35-20(12-15(2)33-35)30-21(36)13-34-14-28-22-23(31-25(27)32-24(22)34)29-19-10-6-17(7-11-19)16-4-8-18(26)9-5-16/h4-12,14H,3,13H2,1-2H3,(H,30,36)(H3,27,29,31,32). The number of amides is 1. The van der Waals surface area contributed by atoms with Gasteiger partial charge in [-0.25, -0.2) is 9.67 Å². The number of carbonyl (C=O) groups is 1. The number of nitrogens with zero attached hydrogens (tertiary/aromatic N) is 6. The van der Waals surface area contributed by atoms with Crippen molar-refractivity contribution in [2.45, 2.75) is 26.9 Å². The fourth-order valence-electron chi connectivity index (χ4n) is 3.91. The fraction of sp³-hybridized carbons (Fsp3) is 0.160. The van der Waals surface area contributed by atoms with Crippen molar-refractivity contribution in [2.75, 3.05) is 16.4 Å². The zero-order valence-electron chi connectivity index (χ0n) is 19.7. The van der Waals surface area contributed by atoms with Gasteiger partial charge in [0, 0.05) is 23.3 Å².